The molecule has 0 bridgehead atoms. The predicted molar refractivity (Wildman–Crippen MR) is 229 cm³/mol. The van der Waals surface area contributed by atoms with Crippen molar-refractivity contribution in [2.75, 3.05) is 0 Å². The highest BCUT2D eigenvalue weighted by Gasteiger charge is 2.16. The van der Waals surface area contributed by atoms with E-state index < -0.39 is 0 Å². The first kappa shape index (κ1) is 31.2. The van der Waals surface area contributed by atoms with Crippen molar-refractivity contribution in [1.82, 2.24) is 9.97 Å². The molecule has 0 atom stereocenters. The molecule has 3 heteroatoms. The van der Waals surface area contributed by atoms with Gasteiger partial charge >= 0.3 is 0 Å². The summed E-state index contributed by atoms with van der Waals surface area (Å²) in [5.41, 5.74) is 11.2. The molecule has 0 aliphatic carbocycles. The summed E-state index contributed by atoms with van der Waals surface area (Å²) in [5.74, 6) is 0.692. The van der Waals surface area contributed by atoms with Crippen molar-refractivity contribution in [2.24, 2.45) is 0 Å². The Balaban J connectivity index is 1.05. The third kappa shape index (κ3) is 5.28. The zero-order valence-corrected chi connectivity index (χ0v) is 29.8. The third-order valence-corrected chi connectivity index (χ3v) is 10.9. The number of hydrogen-bond acceptors (Lipinski definition) is 3. The second kappa shape index (κ2) is 12.6. The number of rotatable bonds is 5. The van der Waals surface area contributed by atoms with Crippen LogP contribution in [0.3, 0.4) is 0 Å². The minimum Gasteiger partial charge on any atom is -0.456 e. The Morgan fingerprint density at radius 3 is 1.82 bits per heavy atom. The zero-order chi connectivity index (χ0) is 36.3. The number of para-hydroxylation sites is 1. The summed E-state index contributed by atoms with van der Waals surface area (Å²) in [6.45, 7) is 0. The molecule has 0 unspecified atom stereocenters. The molecule has 0 saturated carbocycles. The highest BCUT2D eigenvalue weighted by molar-refractivity contribution is 6.20. The zero-order valence-electron chi connectivity index (χ0n) is 29.8. The van der Waals surface area contributed by atoms with E-state index in [2.05, 4.69) is 158 Å². The van der Waals surface area contributed by atoms with Gasteiger partial charge in [0, 0.05) is 27.5 Å². The minimum atomic E-state index is 0.692. The summed E-state index contributed by atoms with van der Waals surface area (Å²) in [7, 11) is 0. The molecule has 0 aliphatic heterocycles. The lowest BCUT2D eigenvalue weighted by Crippen LogP contribution is -1.96. The molecule has 0 spiro atoms. The molecule has 11 aromatic rings. The number of benzene rings is 9. The maximum absolute atomic E-state index is 6.23. The van der Waals surface area contributed by atoms with Gasteiger partial charge in [-0.05, 0) is 84.9 Å². The van der Waals surface area contributed by atoms with Gasteiger partial charge in [0.05, 0.1) is 11.4 Å². The van der Waals surface area contributed by atoms with Gasteiger partial charge in [0.25, 0.3) is 0 Å². The highest BCUT2D eigenvalue weighted by Crippen LogP contribution is 2.41. The average molecular weight is 701 g/mol. The van der Waals surface area contributed by atoms with Gasteiger partial charge in [-0.2, -0.15) is 0 Å². The normalized spacial score (nSPS) is 11.6. The summed E-state index contributed by atoms with van der Waals surface area (Å²) in [6.07, 6.45) is 0. The fourth-order valence-corrected chi connectivity index (χ4v) is 8.26. The van der Waals surface area contributed by atoms with Crippen molar-refractivity contribution in [2.45, 2.75) is 0 Å². The van der Waals surface area contributed by atoms with Crippen LogP contribution in [0.25, 0.3) is 110 Å². The maximum atomic E-state index is 6.23. The topological polar surface area (TPSA) is 38.9 Å². The highest BCUT2D eigenvalue weighted by atomic mass is 16.3. The van der Waals surface area contributed by atoms with E-state index in [1.54, 1.807) is 0 Å². The second-order valence-electron chi connectivity index (χ2n) is 14.1. The lowest BCUT2D eigenvalue weighted by Gasteiger charge is -2.15. The van der Waals surface area contributed by atoms with Crippen molar-refractivity contribution in [3.63, 3.8) is 0 Å². The quantitative estimate of drug-likeness (QED) is 0.133. The molecule has 2 aromatic heterocycles. The molecule has 2 heterocycles. The monoisotopic (exact) mass is 700 g/mol. The van der Waals surface area contributed by atoms with E-state index in [0.29, 0.717) is 5.82 Å². The van der Waals surface area contributed by atoms with E-state index in [1.165, 1.54) is 43.4 Å². The first-order valence-corrected chi connectivity index (χ1v) is 18.6. The van der Waals surface area contributed by atoms with Crippen molar-refractivity contribution in [3.05, 3.63) is 194 Å². The fraction of sp³-hybridized carbons (Fsp3) is 0. The van der Waals surface area contributed by atoms with Crippen LogP contribution in [0.4, 0.5) is 0 Å². The molecule has 0 aliphatic rings. The number of hydrogen-bond donors (Lipinski definition) is 0. The average Bonchev–Trinajstić information content (AvgIpc) is 3.65. The van der Waals surface area contributed by atoms with Crippen LogP contribution < -0.4 is 0 Å². The standard InChI is InChI=1S/C52H32N2O/c1-2-13-36(14-3-1)52-53-46(32-47(54-52)39-17-10-16-37(30-39)42-21-11-23-49-51(42)44-20-8-9-22-48(44)55-49)34-24-26-35(27-25-34)50-41-19-7-5-15-38(41)31-45-40-18-6-4-12-33(40)28-29-43(45)50/h1-32H. The Kier molecular flexibility index (Phi) is 7.17. The molecule has 256 valence electrons. The van der Waals surface area contributed by atoms with Crippen LogP contribution in [0.15, 0.2) is 199 Å². The first-order valence-electron chi connectivity index (χ1n) is 18.6. The molecule has 3 nitrogen and oxygen atoms in total. The Morgan fingerprint density at radius 2 is 0.964 bits per heavy atom. The number of fused-ring (bicyclic) bond motifs is 7. The summed E-state index contributed by atoms with van der Waals surface area (Å²) >= 11 is 0. The van der Waals surface area contributed by atoms with Gasteiger partial charge in [0.2, 0.25) is 0 Å². The molecule has 0 amide bonds. The molecular formula is C52H32N2O. The van der Waals surface area contributed by atoms with E-state index in [-0.39, 0.29) is 0 Å². The van der Waals surface area contributed by atoms with Crippen LogP contribution in [-0.4, -0.2) is 9.97 Å². The van der Waals surface area contributed by atoms with Crippen molar-refractivity contribution in [1.29, 1.82) is 0 Å². The van der Waals surface area contributed by atoms with Crippen LogP contribution >= 0.6 is 0 Å². The van der Waals surface area contributed by atoms with Gasteiger partial charge < -0.3 is 4.42 Å². The van der Waals surface area contributed by atoms with Gasteiger partial charge in [-0.1, -0.05) is 164 Å². The van der Waals surface area contributed by atoms with Gasteiger partial charge in [0.1, 0.15) is 11.2 Å². The smallest absolute Gasteiger partial charge is 0.160 e. The summed E-state index contributed by atoms with van der Waals surface area (Å²) in [6, 6.07) is 68.6. The third-order valence-electron chi connectivity index (χ3n) is 10.9. The number of nitrogens with zero attached hydrogens (tertiary/aromatic N) is 2. The van der Waals surface area contributed by atoms with E-state index in [1.807, 2.05) is 36.4 Å². The van der Waals surface area contributed by atoms with Crippen LogP contribution in [0.1, 0.15) is 0 Å². The molecular weight excluding hydrogens is 669 g/mol. The van der Waals surface area contributed by atoms with E-state index in [4.69, 9.17) is 14.4 Å². The van der Waals surface area contributed by atoms with E-state index in [9.17, 15) is 0 Å². The predicted octanol–water partition coefficient (Wildman–Crippen LogP) is 14.2. The first-order chi connectivity index (χ1) is 27.2. The molecule has 55 heavy (non-hydrogen) atoms. The summed E-state index contributed by atoms with van der Waals surface area (Å²) < 4.78 is 6.23. The second-order valence-corrected chi connectivity index (χ2v) is 14.1. The van der Waals surface area contributed by atoms with Crippen LogP contribution in [-0.2, 0) is 0 Å². The van der Waals surface area contributed by atoms with Crippen LogP contribution in [0, 0.1) is 0 Å². The van der Waals surface area contributed by atoms with Gasteiger partial charge in [-0.15, -0.1) is 0 Å². The maximum Gasteiger partial charge on any atom is 0.160 e. The Labute approximate surface area is 317 Å². The molecule has 0 radical (unpaired) electrons. The molecule has 0 N–H and O–H groups in total. The lowest BCUT2D eigenvalue weighted by molar-refractivity contribution is 0.669. The Morgan fingerprint density at radius 1 is 0.327 bits per heavy atom. The lowest BCUT2D eigenvalue weighted by atomic mass is 9.89. The summed E-state index contributed by atoms with van der Waals surface area (Å²) in [5, 5.41) is 9.74. The molecule has 11 rings (SSSR count). The largest absolute Gasteiger partial charge is 0.456 e. The van der Waals surface area contributed by atoms with Gasteiger partial charge in [-0.3, -0.25) is 0 Å². The SMILES string of the molecule is c1ccc(-c2nc(-c3ccc(-c4c5ccccc5cc5c4ccc4ccccc45)cc3)cc(-c3cccc(-c4cccc5oc6ccccc6c45)c3)n2)cc1. The molecule has 9 aromatic carbocycles. The number of furan rings is 1. The molecule has 0 saturated heterocycles. The molecule has 0 fully saturated rings. The van der Waals surface area contributed by atoms with Crippen molar-refractivity contribution >= 4 is 54.3 Å². The summed E-state index contributed by atoms with van der Waals surface area (Å²) in [4.78, 5) is 10.3. The van der Waals surface area contributed by atoms with Crippen LogP contribution in [0.2, 0.25) is 0 Å². The minimum absolute atomic E-state index is 0.692. The van der Waals surface area contributed by atoms with Crippen LogP contribution in [0.5, 0.6) is 0 Å². The van der Waals surface area contributed by atoms with Crippen molar-refractivity contribution < 1.29 is 4.42 Å². The van der Waals surface area contributed by atoms with Gasteiger partial charge in [0.15, 0.2) is 5.82 Å². The Bertz CT molecular complexity index is 3250. The number of aromatic nitrogens is 2. The van der Waals surface area contributed by atoms with E-state index >= 15 is 0 Å². The Hall–Kier alpha value is -7.36. The van der Waals surface area contributed by atoms with Gasteiger partial charge in [-0.25, -0.2) is 9.97 Å². The van der Waals surface area contributed by atoms with E-state index in [0.717, 1.165) is 61.1 Å². The fourth-order valence-electron chi connectivity index (χ4n) is 8.26. The van der Waals surface area contributed by atoms with Crippen molar-refractivity contribution in [3.8, 4) is 56.2 Å².